The normalized spacial score (nSPS) is 11.4. The predicted molar refractivity (Wildman–Crippen MR) is 87.3 cm³/mol. The molecule has 13 heteroatoms. The molecule has 0 atom stereocenters. The third-order valence-electron chi connectivity index (χ3n) is 3.79. The average molecular weight is 395 g/mol. The van der Waals surface area contributed by atoms with Crippen molar-refractivity contribution in [1.82, 2.24) is 20.0 Å². The molecule has 0 N–H and O–H groups in total. The lowest BCUT2D eigenvalue weighted by Gasteiger charge is -2.09. The van der Waals surface area contributed by atoms with E-state index in [1.165, 1.54) is 12.1 Å². The third-order valence-corrected chi connectivity index (χ3v) is 3.79. The van der Waals surface area contributed by atoms with Crippen molar-refractivity contribution in [2.45, 2.75) is 25.4 Å². The van der Waals surface area contributed by atoms with Crippen molar-refractivity contribution in [3.63, 3.8) is 0 Å². The van der Waals surface area contributed by atoms with E-state index in [0.29, 0.717) is 31.5 Å². The van der Waals surface area contributed by atoms with Crippen LogP contribution in [0.1, 0.15) is 24.1 Å². The van der Waals surface area contributed by atoms with Crippen LogP contribution in [0.2, 0.25) is 0 Å². The summed E-state index contributed by atoms with van der Waals surface area (Å²) in [6.45, 7) is 0.302. The Labute approximate surface area is 154 Å². The first-order chi connectivity index (χ1) is 13.4. The van der Waals surface area contributed by atoms with Crippen LogP contribution in [0.3, 0.4) is 0 Å². The Bertz CT molecular complexity index is 1060. The number of hydrogen-bond donors (Lipinski definition) is 0. The minimum Gasteiger partial charge on any atom is -0.295 e. The number of unbranched alkanes of at least 4 members (excludes halogenated alkanes) is 1. The first-order valence-corrected chi connectivity index (χ1v) is 8.01. The summed E-state index contributed by atoms with van der Waals surface area (Å²) in [5.74, 6) is -1.11. The molecule has 0 fully saturated rings. The van der Waals surface area contributed by atoms with Gasteiger partial charge in [0.1, 0.15) is 5.69 Å². The third kappa shape index (κ3) is 4.04. The van der Waals surface area contributed by atoms with Gasteiger partial charge in [-0.15, -0.1) is 0 Å². The van der Waals surface area contributed by atoms with Gasteiger partial charge in [-0.2, -0.15) is 13.2 Å². The molecule has 0 aliphatic heterocycles. The second kappa shape index (κ2) is 7.96. The van der Waals surface area contributed by atoms with Crippen LogP contribution in [0.5, 0.6) is 0 Å². The average Bonchev–Trinajstić information content (AvgIpc) is 3.27. The lowest BCUT2D eigenvalue weighted by atomic mass is 10.1. The van der Waals surface area contributed by atoms with Gasteiger partial charge in [0.15, 0.2) is 5.69 Å². The van der Waals surface area contributed by atoms with Gasteiger partial charge in [-0.25, -0.2) is 14.0 Å². The fraction of sp³-hybridized carbons (Fsp3) is 0.333. The molecule has 0 amide bonds. The molecule has 3 rings (SSSR count). The van der Waals surface area contributed by atoms with Crippen LogP contribution in [-0.4, -0.2) is 26.6 Å². The highest BCUT2D eigenvalue weighted by atomic mass is 19.4. The summed E-state index contributed by atoms with van der Waals surface area (Å²) in [7, 11) is 0. The largest absolute Gasteiger partial charge is 0.446 e. The minimum absolute atomic E-state index is 0.0760. The fourth-order valence-corrected chi connectivity index (χ4v) is 2.51. The van der Waals surface area contributed by atoms with E-state index < -0.39 is 17.5 Å². The molecule has 2 aromatic heterocycles. The molecule has 0 aliphatic rings. The zero-order chi connectivity index (χ0) is 20.1. The number of hydrogen-bond acceptors (Lipinski definition) is 7. The van der Waals surface area contributed by atoms with Gasteiger partial charge in [0, 0.05) is 11.5 Å². The van der Waals surface area contributed by atoms with Gasteiger partial charge in [0.05, 0.1) is 11.3 Å². The van der Waals surface area contributed by atoms with E-state index in [0.717, 1.165) is 16.7 Å². The Balaban J connectivity index is 1.94. The van der Waals surface area contributed by atoms with Crippen molar-refractivity contribution in [1.29, 1.82) is 0 Å². The first kappa shape index (κ1) is 19.2. The van der Waals surface area contributed by atoms with Crippen molar-refractivity contribution in [2.24, 2.45) is 5.11 Å². The van der Waals surface area contributed by atoms with Crippen molar-refractivity contribution < 1.29 is 22.3 Å². The van der Waals surface area contributed by atoms with Gasteiger partial charge in [-0.3, -0.25) is 4.52 Å². The molecule has 1 aromatic carbocycles. The van der Waals surface area contributed by atoms with Crippen LogP contribution in [0.4, 0.5) is 13.2 Å². The molecule has 28 heavy (non-hydrogen) atoms. The molecule has 0 bridgehead atoms. The Kier molecular flexibility index (Phi) is 5.45. The number of azide groups is 1. The van der Waals surface area contributed by atoms with Crippen LogP contribution in [0.25, 0.3) is 27.6 Å². The van der Waals surface area contributed by atoms with Gasteiger partial charge in [-0.05, 0) is 48.1 Å². The smallest absolute Gasteiger partial charge is 0.295 e. The summed E-state index contributed by atoms with van der Waals surface area (Å²) < 4.78 is 49.1. The molecule has 10 nitrogen and oxygen atoms in total. The molecule has 0 saturated carbocycles. The molecule has 146 valence electrons. The quantitative estimate of drug-likeness (QED) is 0.260. The highest BCUT2D eigenvalue weighted by molar-refractivity contribution is 5.55. The van der Waals surface area contributed by atoms with Crippen LogP contribution in [0, 0.1) is 0 Å². The summed E-state index contributed by atoms with van der Waals surface area (Å²) in [4.78, 5) is 14.7. The lowest BCUT2D eigenvalue weighted by Crippen LogP contribution is -2.15. The standard InChI is InChI=1S/C15H12F3N7O3/c16-15(17,18)9-4-3-5-10(8-9)25-13(23-27-14(25)26)12-11(21-28-22-12)6-1-2-7-20-24-19/h3-5,8H,1-2,6-7H2. The lowest BCUT2D eigenvalue weighted by molar-refractivity contribution is -0.137. The van der Waals surface area contributed by atoms with Crippen molar-refractivity contribution >= 4 is 0 Å². The molecular formula is C15H12F3N7O3. The zero-order valence-electron chi connectivity index (χ0n) is 14.1. The number of aromatic nitrogens is 4. The summed E-state index contributed by atoms with van der Waals surface area (Å²) in [6.07, 6.45) is -3.06. The summed E-state index contributed by atoms with van der Waals surface area (Å²) in [5.41, 5.74) is 7.65. The zero-order valence-corrected chi connectivity index (χ0v) is 14.1. The number of alkyl halides is 3. The maximum atomic E-state index is 13.0. The van der Waals surface area contributed by atoms with E-state index in [1.54, 1.807) is 0 Å². The number of nitrogens with zero attached hydrogens (tertiary/aromatic N) is 7. The molecule has 0 spiro atoms. The first-order valence-electron chi connectivity index (χ1n) is 8.01. The van der Waals surface area contributed by atoms with E-state index in [9.17, 15) is 18.0 Å². The Morgan fingerprint density at radius 1 is 1.21 bits per heavy atom. The Morgan fingerprint density at radius 2 is 2.04 bits per heavy atom. The Morgan fingerprint density at radius 3 is 2.79 bits per heavy atom. The van der Waals surface area contributed by atoms with Gasteiger partial charge >= 0.3 is 11.9 Å². The minimum atomic E-state index is -4.58. The second-order valence-corrected chi connectivity index (χ2v) is 5.63. The molecule has 0 radical (unpaired) electrons. The monoisotopic (exact) mass is 395 g/mol. The Hall–Kier alpha value is -3.60. The SMILES string of the molecule is [N-]=[N+]=NCCCCc1nonc1-c1noc(=O)n1-c1cccc(C(F)(F)F)c1. The summed E-state index contributed by atoms with van der Waals surface area (Å²) >= 11 is 0. The number of halogens is 3. The maximum Gasteiger partial charge on any atom is 0.446 e. The molecular weight excluding hydrogens is 383 g/mol. The molecule has 2 heterocycles. The van der Waals surface area contributed by atoms with Crippen LogP contribution in [-0.2, 0) is 12.6 Å². The van der Waals surface area contributed by atoms with Crippen LogP contribution < -0.4 is 5.76 Å². The second-order valence-electron chi connectivity index (χ2n) is 5.63. The topological polar surface area (TPSA) is 136 Å². The van der Waals surface area contributed by atoms with E-state index in [2.05, 4.69) is 30.0 Å². The summed E-state index contributed by atoms with van der Waals surface area (Å²) in [6, 6.07) is 4.16. The number of rotatable bonds is 7. The van der Waals surface area contributed by atoms with Gasteiger partial charge in [0.2, 0.25) is 5.82 Å². The number of aryl methyl sites for hydroxylation is 1. The highest BCUT2D eigenvalue weighted by Gasteiger charge is 2.31. The van der Waals surface area contributed by atoms with Crippen molar-refractivity contribution in [3.05, 3.63) is 56.5 Å². The molecule has 0 unspecified atom stereocenters. The van der Waals surface area contributed by atoms with Crippen molar-refractivity contribution in [2.75, 3.05) is 6.54 Å². The van der Waals surface area contributed by atoms with E-state index in [1.807, 2.05) is 0 Å². The van der Waals surface area contributed by atoms with Crippen molar-refractivity contribution in [3.8, 4) is 17.2 Å². The predicted octanol–water partition coefficient (Wildman–Crippen LogP) is 3.53. The molecule has 3 aromatic rings. The fourth-order valence-electron chi connectivity index (χ4n) is 2.51. The van der Waals surface area contributed by atoms with Crippen LogP contribution in [0.15, 0.2) is 43.3 Å². The molecule has 0 aliphatic carbocycles. The highest BCUT2D eigenvalue weighted by Crippen LogP contribution is 2.31. The van der Waals surface area contributed by atoms with E-state index >= 15 is 0 Å². The number of benzene rings is 1. The van der Waals surface area contributed by atoms with Gasteiger partial charge in [-0.1, -0.05) is 21.5 Å². The van der Waals surface area contributed by atoms with Gasteiger partial charge in [0.25, 0.3) is 0 Å². The maximum absolute atomic E-state index is 13.0. The summed E-state index contributed by atoms with van der Waals surface area (Å²) in [5, 5.41) is 14.5. The van der Waals surface area contributed by atoms with E-state index in [-0.39, 0.29) is 17.2 Å². The van der Waals surface area contributed by atoms with E-state index in [4.69, 9.17) is 10.2 Å². The van der Waals surface area contributed by atoms with Gasteiger partial charge < -0.3 is 0 Å². The van der Waals surface area contributed by atoms with Crippen LogP contribution >= 0.6 is 0 Å². The molecule has 0 saturated heterocycles.